The molecule has 1 aliphatic heterocycles. The number of aromatic nitrogens is 2. The SMILES string of the molecule is Cc1n[nH]c(C)c1S(=O)(=O)NC1CCC(=O)N(C)C1=O. The lowest BCUT2D eigenvalue weighted by Gasteiger charge is -2.27. The number of piperidine rings is 1. The van der Waals surface area contributed by atoms with Gasteiger partial charge in [-0.05, 0) is 20.3 Å². The largest absolute Gasteiger partial charge is 0.284 e. The molecule has 2 heterocycles. The van der Waals surface area contributed by atoms with Gasteiger partial charge in [0.25, 0.3) is 0 Å². The first-order valence-corrected chi connectivity index (χ1v) is 7.56. The fraction of sp³-hybridized carbons (Fsp3) is 0.545. The molecule has 1 atom stereocenters. The Morgan fingerprint density at radius 2 is 2.00 bits per heavy atom. The Morgan fingerprint density at radius 1 is 1.35 bits per heavy atom. The van der Waals surface area contributed by atoms with E-state index in [0.717, 1.165) is 4.90 Å². The zero-order valence-electron chi connectivity index (χ0n) is 11.4. The van der Waals surface area contributed by atoms with E-state index in [0.29, 0.717) is 11.4 Å². The predicted molar refractivity (Wildman–Crippen MR) is 69.2 cm³/mol. The quantitative estimate of drug-likeness (QED) is 0.727. The van der Waals surface area contributed by atoms with Crippen LogP contribution >= 0.6 is 0 Å². The zero-order chi connectivity index (χ0) is 15.1. The van der Waals surface area contributed by atoms with E-state index >= 15 is 0 Å². The zero-order valence-corrected chi connectivity index (χ0v) is 12.2. The Bertz CT molecular complexity index is 644. The highest BCUT2D eigenvalue weighted by atomic mass is 32.2. The molecule has 1 fully saturated rings. The fourth-order valence-electron chi connectivity index (χ4n) is 2.21. The van der Waals surface area contributed by atoms with Crippen molar-refractivity contribution in [1.29, 1.82) is 0 Å². The Hall–Kier alpha value is -1.74. The summed E-state index contributed by atoms with van der Waals surface area (Å²) in [4.78, 5) is 24.3. The molecular formula is C11H16N4O4S. The minimum absolute atomic E-state index is 0.0462. The van der Waals surface area contributed by atoms with E-state index in [4.69, 9.17) is 0 Å². The summed E-state index contributed by atoms with van der Waals surface area (Å²) in [6.45, 7) is 3.16. The number of rotatable bonds is 3. The number of H-pyrrole nitrogens is 1. The van der Waals surface area contributed by atoms with Crippen LogP contribution in [-0.4, -0.2) is 48.4 Å². The number of hydrogen-bond donors (Lipinski definition) is 2. The van der Waals surface area contributed by atoms with Crippen LogP contribution < -0.4 is 4.72 Å². The molecular weight excluding hydrogens is 284 g/mol. The van der Waals surface area contributed by atoms with E-state index in [-0.39, 0.29) is 23.6 Å². The molecule has 0 saturated carbocycles. The average molecular weight is 300 g/mol. The van der Waals surface area contributed by atoms with Gasteiger partial charge in [-0.1, -0.05) is 0 Å². The van der Waals surface area contributed by atoms with Crippen LogP contribution in [0.3, 0.4) is 0 Å². The molecule has 1 saturated heterocycles. The number of carbonyl (C=O) groups excluding carboxylic acids is 2. The Kier molecular flexibility index (Phi) is 3.65. The first-order valence-electron chi connectivity index (χ1n) is 6.08. The van der Waals surface area contributed by atoms with Gasteiger partial charge in [-0.15, -0.1) is 0 Å². The van der Waals surface area contributed by atoms with Crippen molar-refractivity contribution < 1.29 is 18.0 Å². The van der Waals surface area contributed by atoms with Crippen molar-refractivity contribution in [2.45, 2.75) is 37.6 Å². The van der Waals surface area contributed by atoms with E-state index in [9.17, 15) is 18.0 Å². The minimum Gasteiger partial charge on any atom is -0.284 e. The molecule has 0 aliphatic carbocycles. The summed E-state index contributed by atoms with van der Waals surface area (Å²) in [5, 5.41) is 6.42. The van der Waals surface area contributed by atoms with E-state index in [2.05, 4.69) is 14.9 Å². The summed E-state index contributed by atoms with van der Waals surface area (Å²) in [5.74, 6) is -0.843. The summed E-state index contributed by atoms with van der Waals surface area (Å²) in [6.07, 6.45) is 0.302. The van der Waals surface area contributed by atoms with Crippen LogP contribution in [0.15, 0.2) is 4.90 Å². The van der Waals surface area contributed by atoms with Gasteiger partial charge < -0.3 is 0 Å². The van der Waals surface area contributed by atoms with Crippen LogP contribution in [0.25, 0.3) is 0 Å². The molecule has 0 bridgehead atoms. The van der Waals surface area contributed by atoms with Crippen molar-refractivity contribution in [1.82, 2.24) is 19.8 Å². The molecule has 1 aromatic rings. The van der Waals surface area contributed by atoms with E-state index in [1.54, 1.807) is 13.8 Å². The number of sulfonamides is 1. The molecule has 0 spiro atoms. The molecule has 110 valence electrons. The van der Waals surface area contributed by atoms with Crippen molar-refractivity contribution in [2.24, 2.45) is 0 Å². The monoisotopic (exact) mass is 300 g/mol. The van der Waals surface area contributed by atoms with Gasteiger partial charge >= 0.3 is 0 Å². The van der Waals surface area contributed by atoms with E-state index in [1.165, 1.54) is 7.05 Å². The third kappa shape index (κ3) is 2.46. The fourth-order valence-corrected chi connectivity index (χ4v) is 3.80. The summed E-state index contributed by atoms with van der Waals surface area (Å²) in [6, 6.07) is -0.920. The van der Waals surface area contributed by atoms with Crippen LogP contribution in [0.5, 0.6) is 0 Å². The molecule has 1 unspecified atom stereocenters. The van der Waals surface area contributed by atoms with Gasteiger partial charge in [-0.25, -0.2) is 8.42 Å². The number of carbonyl (C=O) groups is 2. The van der Waals surface area contributed by atoms with Gasteiger partial charge in [0.05, 0.1) is 11.4 Å². The smallest absolute Gasteiger partial charge is 0.247 e. The molecule has 2 amide bonds. The van der Waals surface area contributed by atoms with Crippen LogP contribution in [-0.2, 0) is 19.6 Å². The number of nitrogens with zero attached hydrogens (tertiary/aromatic N) is 2. The molecule has 0 radical (unpaired) electrons. The molecule has 1 aliphatic rings. The lowest BCUT2D eigenvalue weighted by molar-refractivity contribution is -0.147. The molecule has 8 nitrogen and oxygen atoms in total. The maximum absolute atomic E-state index is 12.3. The molecule has 1 aromatic heterocycles. The van der Waals surface area contributed by atoms with Crippen molar-refractivity contribution in [3.05, 3.63) is 11.4 Å². The normalized spacial score (nSPS) is 20.6. The van der Waals surface area contributed by atoms with Crippen LogP contribution in [0.1, 0.15) is 24.2 Å². The summed E-state index contributed by atoms with van der Waals surface area (Å²) >= 11 is 0. The standard InChI is InChI=1S/C11H16N4O4S/c1-6-10(7(2)13-12-6)20(18,19)14-8-4-5-9(16)15(3)11(8)17/h8,14H,4-5H2,1-3H3,(H,12,13). The van der Waals surface area contributed by atoms with E-state index < -0.39 is 22.0 Å². The summed E-state index contributed by atoms with van der Waals surface area (Å²) < 4.78 is 27.0. The van der Waals surface area contributed by atoms with Crippen LogP contribution in [0, 0.1) is 13.8 Å². The van der Waals surface area contributed by atoms with Gasteiger partial charge in [0.1, 0.15) is 10.9 Å². The van der Waals surface area contributed by atoms with Crippen LogP contribution in [0.2, 0.25) is 0 Å². The topological polar surface area (TPSA) is 112 Å². The summed E-state index contributed by atoms with van der Waals surface area (Å²) in [5.41, 5.74) is 0.741. The number of nitrogens with one attached hydrogen (secondary N) is 2. The number of likely N-dealkylation sites (tertiary alicyclic amines) is 1. The molecule has 2 N–H and O–H groups in total. The highest BCUT2D eigenvalue weighted by molar-refractivity contribution is 7.89. The average Bonchev–Trinajstić information content (AvgIpc) is 2.70. The van der Waals surface area contributed by atoms with E-state index in [1.807, 2.05) is 0 Å². The number of aryl methyl sites for hydroxylation is 2. The molecule has 2 rings (SSSR count). The van der Waals surface area contributed by atoms with Gasteiger partial charge in [0.2, 0.25) is 21.8 Å². The molecule has 9 heteroatoms. The number of hydrogen-bond acceptors (Lipinski definition) is 5. The van der Waals surface area contributed by atoms with Crippen molar-refractivity contribution in [2.75, 3.05) is 7.05 Å². The summed E-state index contributed by atoms with van der Waals surface area (Å²) in [7, 11) is -2.51. The second kappa shape index (κ2) is 4.98. The Balaban J connectivity index is 2.26. The third-order valence-corrected chi connectivity index (χ3v) is 5.01. The predicted octanol–water partition coefficient (Wildman–Crippen LogP) is -0.548. The maximum atomic E-state index is 12.3. The van der Waals surface area contributed by atoms with Crippen LogP contribution in [0.4, 0.5) is 0 Å². The molecule has 20 heavy (non-hydrogen) atoms. The first kappa shape index (κ1) is 14.7. The number of amides is 2. The Labute approximate surface area is 116 Å². The minimum atomic E-state index is -3.85. The van der Waals surface area contributed by atoms with Gasteiger partial charge in [-0.3, -0.25) is 19.6 Å². The third-order valence-electron chi connectivity index (χ3n) is 3.28. The maximum Gasteiger partial charge on any atom is 0.247 e. The van der Waals surface area contributed by atoms with Crippen molar-refractivity contribution in [3.63, 3.8) is 0 Å². The first-order chi connectivity index (χ1) is 9.24. The second-order valence-corrected chi connectivity index (χ2v) is 6.42. The lowest BCUT2D eigenvalue weighted by Crippen LogP contribution is -2.52. The second-order valence-electron chi connectivity index (χ2n) is 4.77. The van der Waals surface area contributed by atoms with Gasteiger partial charge in [-0.2, -0.15) is 9.82 Å². The molecule has 0 aromatic carbocycles. The van der Waals surface area contributed by atoms with Gasteiger partial charge in [0, 0.05) is 13.5 Å². The number of likely N-dealkylation sites (N-methyl/N-ethyl adjacent to an activating group) is 1. The lowest BCUT2D eigenvalue weighted by atomic mass is 10.1. The number of aromatic amines is 1. The Morgan fingerprint density at radius 3 is 2.55 bits per heavy atom. The van der Waals surface area contributed by atoms with Gasteiger partial charge in [0.15, 0.2) is 0 Å². The highest BCUT2D eigenvalue weighted by Gasteiger charge is 2.35. The van der Waals surface area contributed by atoms with Crippen molar-refractivity contribution >= 4 is 21.8 Å². The van der Waals surface area contributed by atoms with Crippen molar-refractivity contribution in [3.8, 4) is 0 Å². The number of imide groups is 1. The highest BCUT2D eigenvalue weighted by Crippen LogP contribution is 2.19.